The van der Waals surface area contributed by atoms with Gasteiger partial charge in [0.1, 0.15) is 16.2 Å². The third kappa shape index (κ3) is 1.98. The number of aromatic nitrogens is 3. The van der Waals surface area contributed by atoms with Gasteiger partial charge in [-0.05, 0) is 18.1 Å². The van der Waals surface area contributed by atoms with Crippen LogP contribution in [0.4, 0.5) is 0 Å². The highest BCUT2D eigenvalue weighted by atomic mass is 32.1. The Morgan fingerprint density at radius 3 is 2.80 bits per heavy atom. The monoisotopic (exact) mass is 287 g/mol. The number of carboxylic acids is 1. The van der Waals surface area contributed by atoms with Crippen LogP contribution in [-0.4, -0.2) is 25.6 Å². The highest BCUT2D eigenvalue weighted by molar-refractivity contribution is 7.20. The summed E-state index contributed by atoms with van der Waals surface area (Å²) >= 11 is 1.18. The fourth-order valence-corrected chi connectivity index (χ4v) is 3.01. The zero-order valence-electron chi connectivity index (χ0n) is 11.1. The van der Waals surface area contributed by atoms with E-state index in [-0.39, 0.29) is 10.9 Å². The second-order valence-corrected chi connectivity index (χ2v) is 5.75. The van der Waals surface area contributed by atoms with Gasteiger partial charge in [0.2, 0.25) is 5.01 Å². The van der Waals surface area contributed by atoms with E-state index in [4.69, 9.17) is 5.11 Å². The molecule has 3 aromatic rings. The number of aromatic carboxylic acids is 1. The average Bonchev–Trinajstić information content (AvgIpc) is 2.97. The highest BCUT2D eigenvalue weighted by Crippen LogP contribution is 2.32. The Labute approximate surface area is 119 Å². The molecule has 0 bridgehead atoms. The predicted octanol–water partition coefficient (Wildman–Crippen LogP) is 3.30. The number of hydrogen-bond acceptors (Lipinski definition) is 4. The number of fused-ring (bicyclic) bond motifs is 1. The van der Waals surface area contributed by atoms with Gasteiger partial charge in [0.25, 0.3) is 0 Å². The average molecular weight is 287 g/mol. The Bertz CT molecular complexity index is 774. The molecular formula is C14H13N3O2S. The van der Waals surface area contributed by atoms with E-state index in [1.54, 1.807) is 6.20 Å². The van der Waals surface area contributed by atoms with E-state index < -0.39 is 5.97 Å². The minimum Gasteiger partial charge on any atom is -0.476 e. The SMILES string of the molecule is CC(C)c1cn(-c2ccccn2)c2sc(C(=O)O)nc12. The van der Waals surface area contributed by atoms with Crippen LogP contribution in [0.25, 0.3) is 16.2 Å². The van der Waals surface area contributed by atoms with Gasteiger partial charge in [-0.15, -0.1) is 0 Å². The van der Waals surface area contributed by atoms with E-state index in [9.17, 15) is 4.79 Å². The quantitative estimate of drug-likeness (QED) is 0.802. The molecule has 0 unspecified atom stereocenters. The van der Waals surface area contributed by atoms with Crippen LogP contribution in [0.15, 0.2) is 30.6 Å². The van der Waals surface area contributed by atoms with Crippen molar-refractivity contribution in [2.45, 2.75) is 19.8 Å². The molecule has 6 heteroatoms. The third-order valence-corrected chi connectivity index (χ3v) is 4.11. The van der Waals surface area contributed by atoms with Crippen LogP contribution >= 0.6 is 11.3 Å². The van der Waals surface area contributed by atoms with Crippen molar-refractivity contribution < 1.29 is 9.90 Å². The van der Waals surface area contributed by atoms with Crippen LogP contribution in [0.2, 0.25) is 0 Å². The van der Waals surface area contributed by atoms with Gasteiger partial charge in [-0.2, -0.15) is 0 Å². The molecule has 0 spiro atoms. The van der Waals surface area contributed by atoms with Crippen LogP contribution < -0.4 is 0 Å². The van der Waals surface area contributed by atoms with Crippen molar-refractivity contribution in [3.63, 3.8) is 0 Å². The summed E-state index contributed by atoms with van der Waals surface area (Å²) in [6.07, 6.45) is 3.71. The van der Waals surface area contributed by atoms with E-state index >= 15 is 0 Å². The van der Waals surface area contributed by atoms with Crippen molar-refractivity contribution in [3.05, 3.63) is 41.2 Å². The molecule has 0 saturated carbocycles. The largest absolute Gasteiger partial charge is 0.476 e. The molecule has 20 heavy (non-hydrogen) atoms. The Hall–Kier alpha value is -2.21. The summed E-state index contributed by atoms with van der Waals surface area (Å²) in [5, 5.41) is 9.23. The summed E-state index contributed by atoms with van der Waals surface area (Å²) in [7, 11) is 0. The lowest BCUT2D eigenvalue weighted by Crippen LogP contribution is -1.96. The first-order valence-corrected chi connectivity index (χ1v) is 7.06. The molecule has 3 heterocycles. The highest BCUT2D eigenvalue weighted by Gasteiger charge is 2.20. The van der Waals surface area contributed by atoms with Crippen LogP contribution in [0.1, 0.15) is 35.1 Å². The van der Waals surface area contributed by atoms with Crippen LogP contribution in [-0.2, 0) is 0 Å². The molecule has 102 valence electrons. The van der Waals surface area contributed by atoms with Gasteiger partial charge in [0, 0.05) is 18.0 Å². The smallest absolute Gasteiger partial charge is 0.365 e. The first kappa shape index (κ1) is 12.8. The van der Waals surface area contributed by atoms with E-state index in [0.717, 1.165) is 21.7 Å². The number of pyridine rings is 1. The van der Waals surface area contributed by atoms with Crippen molar-refractivity contribution >= 4 is 27.7 Å². The van der Waals surface area contributed by atoms with Crippen LogP contribution in [0.5, 0.6) is 0 Å². The zero-order valence-corrected chi connectivity index (χ0v) is 11.9. The van der Waals surface area contributed by atoms with E-state index in [2.05, 4.69) is 23.8 Å². The molecule has 0 fully saturated rings. The van der Waals surface area contributed by atoms with E-state index in [1.165, 1.54) is 11.3 Å². The molecular weight excluding hydrogens is 274 g/mol. The molecule has 0 aromatic carbocycles. The first-order chi connectivity index (χ1) is 9.58. The fourth-order valence-electron chi connectivity index (χ4n) is 2.10. The van der Waals surface area contributed by atoms with Gasteiger partial charge in [-0.25, -0.2) is 14.8 Å². The van der Waals surface area contributed by atoms with Crippen molar-refractivity contribution in [2.24, 2.45) is 0 Å². The van der Waals surface area contributed by atoms with Crippen molar-refractivity contribution in [1.29, 1.82) is 0 Å². The van der Waals surface area contributed by atoms with Gasteiger partial charge in [0.15, 0.2) is 0 Å². The lowest BCUT2D eigenvalue weighted by Gasteiger charge is -2.02. The number of thiazole rings is 1. The van der Waals surface area contributed by atoms with Gasteiger partial charge >= 0.3 is 5.97 Å². The molecule has 0 saturated heterocycles. The predicted molar refractivity (Wildman–Crippen MR) is 77.8 cm³/mol. The summed E-state index contributed by atoms with van der Waals surface area (Å²) < 4.78 is 1.91. The molecule has 0 aliphatic rings. The Morgan fingerprint density at radius 1 is 1.40 bits per heavy atom. The minimum atomic E-state index is -0.992. The fraction of sp³-hybridized carbons (Fsp3) is 0.214. The number of hydrogen-bond donors (Lipinski definition) is 1. The summed E-state index contributed by atoms with van der Waals surface area (Å²) in [5.74, 6) is 0.0460. The molecule has 0 aliphatic heterocycles. The zero-order chi connectivity index (χ0) is 14.3. The Balaban J connectivity index is 2.29. The maximum atomic E-state index is 11.1. The molecule has 0 radical (unpaired) electrons. The lowest BCUT2D eigenvalue weighted by atomic mass is 10.1. The number of carbonyl (C=O) groups is 1. The normalized spacial score (nSPS) is 11.3. The molecule has 0 amide bonds. The molecule has 1 N–H and O–H groups in total. The summed E-state index contributed by atoms with van der Waals surface area (Å²) in [6.45, 7) is 4.13. The second kappa shape index (κ2) is 4.72. The molecule has 3 aromatic heterocycles. The van der Waals surface area contributed by atoms with Gasteiger partial charge in [-0.3, -0.25) is 4.57 Å². The van der Waals surface area contributed by atoms with Gasteiger partial charge < -0.3 is 5.11 Å². The Kier molecular flexibility index (Phi) is 3.02. The van der Waals surface area contributed by atoms with E-state index in [0.29, 0.717) is 0 Å². The summed E-state index contributed by atoms with van der Waals surface area (Å²) in [4.78, 5) is 20.5. The maximum absolute atomic E-state index is 11.1. The number of carboxylic acid groups (broad SMARTS) is 1. The standard InChI is InChI=1S/C14H13N3O2S/c1-8(2)9-7-17(10-5-3-4-6-15-10)13-11(9)16-12(20-13)14(18)19/h3-8H,1-2H3,(H,18,19). The van der Waals surface area contributed by atoms with Gasteiger partial charge in [0.05, 0.1) is 0 Å². The second-order valence-electron chi connectivity index (χ2n) is 4.78. The Morgan fingerprint density at radius 2 is 2.20 bits per heavy atom. The first-order valence-electron chi connectivity index (χ1n) is 6.24. The molecule has 0 atom stereocenters. The topological polar surface area (TPSA) is 68.0 Å². The van der Waals surface area contributed by atoms with Crippen LogP contribution in [0, 0.1) is 0 Å². The van der Waals surface area contributed by atoms with Crippen molar-refractivity contribution in [2.75, 3.05) is 0 Å². The summed E-state index contributed by atoms with van der Waals surface area (Å²) in [6, 6.07) is 5.65. The van der Waals surface area contributed by atoms with Crippen LogP contribution in [0.3, 0.4) is 0 Å². The van der Waals surface area contributed by atoms with Gasteiger partial charge in [-0.1, -0.05) is 31.3 Å². The number of rotatable bonds is 3. The van der Waals surface area contributed by atoms with Crippen molar-refractivity contribution in [1.82, 2.24) is 14.5 Å². The summed E-state index contributed by atoms with van der Waals surface area (Å²) in [5.41, 5.74) is 1.79. The van der Waals surface area contributed by atoms with E-state index in [1.807, 2.05) is 29.0 Å². The molecule has 0 aliphatic carbocycles. The molecule has 3 rings (SSSR count). The maximum Gasteiger partial charge on any atom is 0.365 e. The molecule has 5 nitrogen and oxygen atoms in total. The number of nitrogens with zero attached hydrogens (tertiary/aromatic N) is 3. The minimum absolute atomic E-state index is 0.113. The lowest BCUT2D eigenvalue weighted by molar-refractivity contribution is 0.0696. The third-order valence-electron chi connectivity index (χ3n) is 3.07. The van der Waals surface area contributed by atoms with Crippen molar-refractivity contribution in [3.8, 4) is 5.82 Å².